The maximum atomic E-state index is 2.49. The highest BCUT2D eigenvalue weighted by Gasteiger charge is 2.17. The second kappa shape index (κ2) is 38.5. The van der Waals surface area contributed by atoms with Crippen molar-refractivity contribution in [3.8, 4) is 0 Å². The second-order valence-corrected chi connectivity index (χ2v) is 16.0. The van der Waals surface area contributed by atoms with Gasteiger partial charge in [-0.05, 0) is 25.7 Å². The molecule has 0 aromatic heterocycles. The molecule has 0 rings (SSSR count). The standard InChI is InChI=1S/C42H86S/c1-5-9-13-17-21-25-29-33-37-41(38-34-30-26-22-18-14-10-6-2)43-42(39-35-31-27-23-19-15-11-7-3)40-36-32-28-24-20-16-12-8-4/h41-42H,5-40H2,1-4H3. The van der Waals surface area contributed by atoms with E-state index in [4.69, 9.17) is 0 Å². The van der Waals surface area contributed by atoms with Gasteiger partial charge in [-0.1, -0.05) is 233 Å². The molecule has 0 nitrogen and oxygen atoms in total. The minimum Gasteiger partial charge on any atom is -0.155 e. The fourth-order valence-corrected chi connectivity index (χ4v) is 8.61. The van der Waals surface area contributed by atoms with E-state index in [-0.39, 0.29) is 0 Å². The largest absolute Gasteiger partial charge is 0.155 e. The summed E-state index contributed by atoms with van der Waals surface area (Å²) < 4.78 is 0. The van der Waals surface area contributed by atoms with Gasteiger partial charge in [0.1, 0.15) is 0 Å². The van der Waals surface area contributed by atoms with Crippen LogP contribution in [0.25, 0.3) is 0 Å². The number of hydrogen-bond acceptors (Lipinski definition) is 1. The summed E-state index contributed by atoms with van der Waals surface area (Å²) in [5, 5.41) is 1.88. The van der Waals surface area contributed by atoms with Gasteiger partial charge in [-0.3, -0.25) is 0 Å². The highest BCUT2D eigenvalue weighted by molar-refractivity contribution is 8.00. The van der Waals surface area contributed by atoms with Crippen molar-refractivity contribution in [2.45, 2.75) is 269 Å². The fraction of sp³-hybridized carbons (Fsp3) is 1.00. The highest BCUT2D eigenvalue weighted by Crippen LogP contribution is 2.33. The Morgan fingerprint density at radius 3 is 0.581 bits per heavy atom. The molecule has 0 N–H and O–H groups in total. The Balaban J connectivity index is 4.68. The molecule has 0 aliphatic carbocycles. The number of rotatable bonds is 38. The van der Waals surface area contributed by atoms with Crippen LogP contribution in [0.2, 0.25) is 0 Å². The molecule has 0 saturated heterocycles. The van der Waals surface area contributed by atoms with E-state index >= 15 is 0 Å². The van der Waals surface area contributed by atoms with Crippen LogP contribution >= 0.6 is 11.8 Å². The summed E-state index contributed by atoms with van der Waals surface area (Å²) in [4.78, 5) is 0. The fourth-order valence-electron chi connectivity index (χ4n) is 6.86. The van der Waals surface area contributed by atoms with Crippen LogP contribution in [-0.4, -0.2) is 10.5 Å². The van der Waals surface area contributed by atoms with E-state index in [0.717, 1.165) is 10.5 Å². The molecule has 0 spiro atoms. The second-order valence-electron chi connectivity index (χ2n) is 14.4. The van der Waals surface area contributed by atoms with Crippen molar-refractivity contribution in [2.24, 2.45) is 0 Å². The Bertz CT molecular complexity index is 392. The zero-order valence-electron chi connectivity index (χ0n) is 31.0. The van der Waals surface area contributed by atoms with Crippen LogP contribution in [0, 0.1) is 0 Å². The van der Waals surface area contributed by atoms with Crippen LogP contribution in [0.5, 0.6) is 0 Å². The van der Waals surface area contributed by atoms with E-state index in [1.807, 2.05) is 0 Å². The predicted molar refractivity (Wildman–Crippen MR) is 204 cm³/mol. The Morgan fingerprint density at radius 2 is 0.395 bits per heavy atom. The first-order chi connectivity index (χ1) is 21.3. The smallest absolute Gasteiger partial charge is 0.00498 e. The maximum absolute atomic E-state index is 2.49. The van der Waals surface area contributed by atoms with E-state index in [1.165, 1.54) is 231 Å². The minimum atomic E-state index is 0.938. The number of hydrogen-bond donors (Lipinski definition) is 0. The topological polar surface area (TPSA) is 0 Å². The quantitative estimate of drug-likeness (QED) is 0.0617. The molecule has 0 amide bonds. The molecule has 0 bridgehead atoms. The van der Waals surface area contributed by atoms with Crippen LogP contribution in [-0.2, 0) is 0 Å². The van der Waals surface area contributed by atoms with Gasteiger partial charge in [0.15, 0.2) is 0 Å². The van der Waals surface area contributed by atoms with Crippen molar-refractivity contribution >= 4 is 11.8 Å². The molecule has 0 atom stereocenters. The summed E-state index contributed by atoms with van der Waals surface area (Å²) in [6, 6.07) is 0. The first-order valence-electron chi connectivity index (χ1n) is 20.9. The Labute approximate surface area is 280 Å². The lowest BCUT2D eigenvalue weighted by molar-refractivity contribution is 0.519. The van der Waals surface area contributed by atoms with Gasteiger partial charge in [-0.25, -0.2) is 0 Å². The van der Waals surface area contributed by atoms with Crippen molar-refractivity contribution < 1.29 is 0 Å². The van der Waals surface area contributed by atoms with Gasteiger partial charge in [0, 0.05) is 10.5 Å². The van der Waals surface area contributed by atoms with E-state index in [2.05, 4.69) is 39.5 Å². The first-order valence-corrected chi connectivity index (χ1v) is 21.9. The first kappa shape index (κ1) is 43.4. The van der Waals surface area contributed by atoms with Crippen LogP contribution < -0.4 is 0 Å². The average molecular weight is 623 g/mol. The van der Waals surface area contributed by atoms with Gasteiger partial charge in [-0.2, -0.15) is 11.8 Å². The number of unbranched alkanes of at least 4 members (excludes halogenated alkanes) is 28. The third kappa shape index (κ3) is 35.1. The molecule has 0 aliphatic rings. The molecule has 43 heavy (non-hydrogen) atoms. The summed E-state index contributed by atoms with van der Waals surface area (Å²) in [7, 11) is 0. The lowest BCUT2D eigenvalue weighted by Gasteiger charge is -2.24. The normalized spacial score (nSPS) is 11.9. The molecule has 0 fully saturated rings. The van der Waals surface area contributed by atoms with Crippen LogP contribution in [0.15, 0.2) is 0 Å². The molecule has 0 heterocycles. The zero-order valence-corrected chi connectivity index (χ0v) is 31.8. The Kier molecular flexibility index (Phi) is 38.8. The minimum absolute atomic E-state index is 0.938. The zero-order chi connectivity index (χ0) is 31.3. The SMILES string of the molecule is CCCCCCCCCCC(CCCCCCCCCC)SC(CCCCCCCCCC)CCCCCCCCCC. The van der Waals surface area contributed by atoms with Crippen molar-refractivity contribution in [3.05, 3.63) is 0 Å². The summed E-state index contributed by atoms with van der Waals surface area (Å²) in [5.41, 5.74) is 0. The maximum Gasteiger partial charge on any atom is 0.00498 e. The summed E-state index contributed by atoms with van der Waals surface area (Å²) >= 11 is 2.49. The van der Waals surface area contributed by atoms with Crippen molar-refractivity contribution in [2.75, 3.05) is 0 Å². The van der Waals surface area contributed by atoms with Gasteiger partial charge in [0.25, 0.3) is 0 Å². The summed E-state index contributed by atoms with van der Waals surface area (Å²) in [6.45, 7) is 9.34. The molecular formula is C42H86S. The van der Waals surface area contributed by atoms with E-state index in [9.17, 15) is 0 Å². The summed E-state index contributed by atoms with van der Waals surface area (Å²) in [6.07, 6.45) is 52.8. The molecule has 0 aliphatic heterocycles. The molecule has 0 aromatic rings. The predicted octanol–water partition coefficient (Wildman–Crippen LogP) is 16.6. The average Bonchev–Trinajstić information content (AvgIpc) is 3.01. The van der Waals surface area contributed by atoms with Gasteiger partial charge in [0.2, 0.25) is 0 Å². The molecular weight excluding hydrogens is 537 g/mol. The van der Waals surface area contributed by atoms with E-state index in [0.29, 0.717) is 0 Å². The van der Waals surface area contributed by atoms with Crippen molar-refractivity contribution in [1.29, 1.82) is 0 Å². The lowest BCUT2D eigenvalue weighted by Crippen LogP contribution is -2.12. The Hall–Kier alpha value is 0.350. The molecule has 260 valence electrons. The molecule has 1 heteroatoms. The van der Waals surface area contributed by atoms with Crippen molar-refractivity contribution in [1.82, 2.24) is 0 Å². The third-order valence-electron chi connectivity index (χ3n) is 9.90. The third-order valence-corrected chi connectivity index (χ3v) is 11.6. The van der Waals surface area contributed by atoms with Gasteiger partial charge >= 0.3 is 0 Å². The van der Waals surface area contributed by atoms with Gasteiger partial charge < -0.3 is 0 Å². The van der Waals surface area contributed by atoms with Gasteiger partial charge in [0.05, 0.1) is 0 Å². The Morgan fingerprint density at radius 1 is 0.233 bits per heavy atom. The van der Waals surface area contributed by atoms with Crippen LogP contribution in [0.1, 0.15) is 259 Å². The highest BCUT2D eigenvalue weighted by atomic mass is 32.2. The lowest BCUT2D eigenvalue weighted by atomic mass is 10.0. The molecule has 0 saturated carbocycles. The molecule has 0 unspecified atom stereocenters. The molecule has 0 aromatic carbocycles. The van der Waals surface area contributed by atoms with E-state index in [1.54, 1.807) is 0 Å². The van der Waals surface area contributed by atoms with E-state index < -0.39 is 0 Å². The number of thioether (sulfide) groups is 1. The van der Waals surface area contributed by atoms with Crippen molar-refractivity contribution in [3.63, 3.8) is 0 Å². The van der Waals surface area contributed by atoms with Crippen LogP contribution in [0.4, 0.5) is 0 Å². The monoisotopic (exact) mass is 623 g/mol. The molecule has 0 radical (unpaired) electrons. The van der Waals surface area contributed by atoms with Gasteiger partial charge in [-0.15, -0.1) is 0 Å². The van der Waals surface area contributed by atoms with Crippen LogP contribution in [0.3, 0.4) is 0 Å². The summed E-state index contributed by atoms with van der Waals surface area (Å²) in [5.74, 6) is 0.